The van der Waals surface area contributed by atoms with Crippen LogP contribution in [0.1, 0.15) is 12.5 Å². The molecule has 1 aromatic heterocycles. The van der Waals surface area contributed by atoms with Gasteiger partial charge in [-0.1, -0.05) is 17.7 Å². The number of fused-ring (bicyclic) bond motifs is 1. The van der Waals surface area contributed by atoms with Crippen molar-refractivity contribution < 1.29 is 18.6 Å². The van der Waals surface area contributed by atoms with E-state index in [1.54, 1.807) is 14.2 Å². The Balaban J connectivity index is 1.98. The van der Waals surface area contributed by atoms with E-state index in [-0.39, 0.29) is 0 Å². The molecule has 0 atom stereocenters. The Labute approximate surface area is 191 Å². The quantitative estimate of drug-likeness (QED) is 0.328. The summed E-state index contributed by atoms with van der Waals surface area (Å²) in [6.45, 7) is 4.53. The largest absolute Gasteiger partial charge is 0.494 e. The molecule has 0 amide bonds. The van der Waals surface area contributed by atoms with Crippen molar-refractivity contribution in [3.05, 3.63) is 76.6 Å². The molecule has 6 heteroatoms. The van der Waals surface area contributed by atoms with E-state index in [4.69, 9.17) is 35.2 Å². The number of methoxy groups -OCH3 is 2. The standard InChI is InChI=1S/C26H24ClNO4/c1-5-31-19-9-11-23-20(14-19)22(28-21-13-18(27)8-6-16(21)2)15-25(32-23)17-7-10-24(29-3)26(12-17)30-4/h6-15H,5H2,1-4H3. The average molecular weight is 450 g/mol. The highest BCUT2D eigenvalue weighted by Gasteiger charge is 2.11. The van der Waals surface area contributed by atoms with Crippen LogP contribution in [0.2, 0.25) is 5.02 Å². The number of rotatable bonds is 6. The Morgan fingerprint density at radius 3 is 2.47 bits per heavy atom. The van der Waals surface area contributed by atoms with Crippen LogP contribution in [0.5, 0.6) is 17.2 Å². The normalized spacial score (nSPS) is 11.6. The lowest BCUT2D eigenvalue weighted by molar-refractivity contribution is 0.340. The van der Waals surface area contributed by atoms with Crippen LogP contribution in [-0.4, -0.2) is 20.8 Å². The summed E-state index contributed by atoms with van der Waals surface area (Å²) in [5.74, 6) is 2.68. The Morgan fingerprint density at radius 2 is 1.72 bits per heavy atom. The highest BCUT2D eigenvalue weighted by atomic mass is 35.5. The summed E-state index contributed by atoms with van der Waals surface area (Å²) < 4.78 is 22.8. The molecule has 4 aromatic rings. The topological polar surface area (TPSA) is 53.2 Å². The lowest BCUT2D eigenvalue weighted by atomic mass is 10.1. The van der Waals surface area contributed by atoms with Gasteiger partial charge in [0.05, 0.1) is 31.9 Å². The van der Waals surface area contributed by atoms with Gasteiger partial charge in [0.15, 0.2) is 11.5 Å². The average Bonchev–Trinajstić information content (AvgIpc) is 2.81. The van der Waals surface area contributed by atoms with Gasteiger partial charge in [0.25, 0.3) is 0 Å². The predicted molar refractivity (Wildman–Crippen MR) is 127 cm³/mol. The minimum atomic E-state index is 0.576. The maximum atomic E-state index is 6.25. The van der Waals surface area contributed by atoms with Gasteiger partial charge in [-0.05, 0) is 67.9 Å². The third-order valence-corrected chi connectivity index (χ3v) is 5.34. The van der Waals surface area contributed by atoms with Crippen molar-refractivity contribution in [2.24, 2.45) is 4.99 Å². The third kappa shape index (κ3) is 4.43. The lowest BCUT2D eigenvalue weighted by Gasteiger charge is -2.11. The zero-order valence-corrected chi connectivity index (χ0v) is 19.2. The van der Waals surface area contributed by atoms with Gasteiger partial charge < -0.3 is 18.6 Å². The summed E-state index contributed by atoms with van der Waals surface area (Å²) >= 11 is 6.23. The van der Waals surface area contributed by atoms with Gasteiger partial charge in [-0.2, -0.15) is 0 Å². The van der Waals surface area contributed by atoms with Crippen LogP contribution in [0.25, 0.3) is 22.3 Å². The summed E-state index contributed by atoms with van der Waals surface area (Å²) in [7, 11) is 3.22. The van der Waals surface area contributed by atoms with Crippen molar-refractivity contribution in [3.8, 4) is 28.6 Å². The molecule has 0 aliphatic heterocycles. The number of ether oxygens (including phenoxy) is 3. The van der Waals surface area contributed by atoms with E-state index in [9.17, 15) is 0 Å². The van der Waals surface area contributed by atoms with Crippen LogP contribution in [-0.2, 0) is 0 Å². The van der Waals surface area contributed by atoms with Gasteiger partial charge in [-0.3, -0.25) is 0 Å². The number of nitrogens with zero attached hydrogens (tertiary/aromatic N) is 1. The maximum absolute atomic E-state index is 6.25. The second-order valence-electron chi connectivity index (χ2n) is 7.20. The molecule has 0 aliphatic carbocycles. The molecule has 0 N–H and O–H groups in total. The summed E-state index contributed by atoms with van der Waals surface area (Å²) in [4.78, 5) is 4.94. The molecular formula is C26H24ClNO4. The zero-order chi connectivity index (χ0) is 22.7. The summed E-state index contributed by atoms with van der Waals surface area (Å²) in [6, 6.07) is 19.0. The molecule has 3 aromatic carbocycles. The van der Waals surface area contributed by atoms with Crippen molar-refractivity contribution in [3.63, 3.8) is 0 Å². The van der Waals surface area contributed by atoms with Crippen LogP contribution in [0, 0.1) is 6.92 Å². The number of aryl methyl sites for hydroxylation is 1. The Kier molecular flexibility index (Phi) is 6.37. The molecule has 0 saturated heterocycles. The van der Waals surface area contributed by atoms with Gasteiger partial charge in [-0.25, -0.2) is 4.99 Å². The van der Waals surface area contributed by atoms with Gasteiger partial charge in [-0.15, -0.1) is 0 Å². The second-order valence-corrected chi connectivity index (χ2v) is 7.64. The number of halogens is 1. The molecule has 0 bridgehead atoms. The first-order valence-electron chi connectivity index (χ1n) is 10.3. The van der Waals surface area contributed by atoms with E-state index in [0.717, 1.165) is 33.3 Å². The van der Waals surface area contributed by atoms with Crippen molar-refractivity contribution in [1.29, 1.82) is 0 Å². The van der Waals surface area contributed by atoms with E-state index in [0.29, 0.717) is 34.5 Å². The molecule has 0 saturated carbocycles. The molecule has 0 spiro atoms. The SMILES string of the molecule is CCOc1ccc2oc(-c3ccc(OC)c(OC)c3)cc(=Nc3cc(Cl)ccc3C)c2c1. The van der Waals surface area contributed by atoms with Gasteiger partial charge >= 0.3 is 0 Å². The molecule has 32 heavy (non-hydrogen) atoms. The molecule has 4 rings (SSSR count). The highest BCUT2D eigenvalue weighted by molar-refractivity contribution is 6.30. The fourth-order valence-electron chi connectivity index (χ4n) is 3.46. The fourth-order valence-corrected chi connectivity index (χ4v) is 3.63. The smallest absolute Gasteiger partial charge is 0.161 e. The molecule has 5 nitrogen and oxygen atoms in total. The fraction of sp³-hybridized carbons (Fsp3) is 0.192. The van der Waals surface area contributed by atoms with Crippen LogP contribution < -0.4 is 19.6 Å². The first kappa shape index (κ1) is 21.8. The van der Waals surface area contributed by atoms with E-state index in [1.807, 2.05) is 74.5 Å². The van der Waals surface area contributed by atoms with E-state index >= 15 is 0 Å². The second kappa shape index (κ2) is 9.37. The maximum Gasteiger partial charge on any atom is 0.161 e. The number of benzene rings is 3. The first-order valence-corrected chi connectivity index (χ1v) is 10.6. The van der Waals surface area contributed by atoms with Crippen molar-refractivity contribution in [1.82, 2.24) is 0 Å². The zero-order valence-electron chi connectivity index (χ0n) is 18.4. The summed E-state index contributed by atoms with van der Waals surface area (Å²) in [5.41, 5.74) is 3.36. The molecular weight excluding hydrogens is 426 g/mol. The summed E-state index contributed by atoms with van der Waals surface area (Å²) in [6.07, 6.45) is 0. The van der Waals surface area contributed by atoms with E-state index < -0.39 is 0 Å². The van der Waals surface area contributed by atoms with Crippen LogP contribution >= 0.6 is 11.6 Å². The molecule has 0 radical (unpaired) electrons. The minimum absolute atomic E-state index is 0.576. The minimum Gasteiger partial charge on any atom is -0.494 e. The molecule has 1 heterocycles. The Hall–Kier alpha value is -3.44. The Morgan fingerprint density at radius 1 is 0.906 bits per heavy atom. The lowest BCUT2D eigenvalue weighted by Crippen LogP contribution is -2.04. The monoisotopic (exact) mass is 449 g/mol. The van der Waals surface area contributed by atoms with Crippen LogP contribution in [0.3, 0.4) is 0 Å². The number of hydrogen-bond donors (Lipinski definition) is 0. The van der Waals surface area contributed by atoms with Gasteiger partial charge in [0.1, 0.15) is 17.1 Å². The first-order chi connectivity index (χ1) is 15.5. The summed E-state index contributed by atoms with van der Waals surface area (Å²) in [5, 5.41) is 2.23. The van der Waals surface area contributed by atoms with Crippen molar-refractivity contribution in [2.75, 3.05) is 20.8 Å². The van der Waals surface area contributed by atoms with Gasteiger partial charge in [0, 0.05) is 22.0 Å². The van der Waals surface area contributed by atoms with Crippen molar-refractivity contribution >= 4 is 28.3 Å². The van der Waals surface area contributed by atoms with Crippen LogP contribution in [0.4, 0.5) is 5.69 Å². The van der Waals surface area contributed by atoms with E-state index in [1.165, 1.54) is 0 Å². The van der Waals surface area contributed by atoms with Crippen LogP contribution in [0.15, 0.2) is 70.1 Å². The highest BCUT2D eigenvalue weighted by Crippen LogP contribution is 2.33. The molecule has 0 unspecified atom stereocenters. The third-order valence-electron chi connectivity index (χ3n) is 5.11. The van der Waals surface area contributed by atoms with Crippen molar-refractivity contribution in [2.45, 2.75) is 13.8 Å². The van der Waals surface area contributed by atoms with E-state index in [2.05, 4.69) is 0 Å². The Bertz CT molecular complexity index is 1340. The molecule has 164 valence electrons. The number of hydrogen-bond acceptors (Lipinski definition) is 5. The van der Waals surface area contributed by atoms with Gasteiger partial charge in [0.2, 0.25) is 0 Å². The molecule has 0 fully saturated rings. The predicted octanol–water partition coefficient (Wildman–Crippen LogP) is 6.71. The molecule has 0 aliphatic rings.